The molecule has 3 aliphatic rings. The van der Waals surface area contributed by atoms with Gasteiger partial charge in [0, 0.05) is 24.7 Å². The largest absolute Gasteiger partial charge is 0.472 e. The molecule has 0 amide bonds. The first-order chi connectivity index (χ1) is 21.3. The Morgan fingerprint density at radius 1 is 0.978 bits per heavy atom. The zero-order valence-corrected chi connectivity index (χ0v) is 25.9. The number of ether oxygens (including phenoxy) is 1. The van der Waals surface area contributed by atoms with Crippen molar-refractivity contribution in [1.29, 1.82) is 0 Å². The summed E-state index contributed by atoms with van der Waals surface area (Å²) in [5.74, 6) is 0.213. The lowest BCUT2D eigenvalue weighted by Gasteiger charge is -2.18. The molecule has 0 spiro atoms. The van der Waals surface area contributed by atoms with Gasteiger partial charge < -0.3 is 19.3 Å². The Hall–Kier alpha value is -3.79. The molecule has 1 fully saturated rings. The molecule has 1 aromatic heterocycles. The number of benzene rings is 1. The van der Waals surface area contributed by atoms with Gasteiger partial charge in [0.05, 0.1) is 30.4 Å². The van der Waals surface area contributed by atoms with Gasteiger partial charge in [0.25, 0.3) is 11.1 Å². The molecule has 16 nitrogen and oxygen atoms in total. The molecule has 0 radical (unpaired) electrons. The van der Waals surface area contributed by atoms with Gasteiger partial charge in [-0.25, -0.2) is 19.1 Å². The van der Waals surface area contributed by atoms with Gasteiger partial charge in [-0.15, -0.1) is 0 Å². The summed E-state index contributed by atoms with van der Waals surface area (Å²) in [6.07, 6.45) is 0.865. The van der Waals surface area contributed by atoms with E-state index in [4.69, 9.17) is 13.8 Å². The molecular formula is C28H35N6O10P. The van der Waals surface area contributed by atoms with Gasteiger partial charge in [0.2, 0.25) is 0 Å². The predicted molar refractivity (Wildman–Crippen MR) is 161 cm³/mol. The molecule has 4 atom stereocenters. The number of aromatic amines is 2. The van der Waals surface area contributed by atoms with Crippen LogP contribution in [0.3, 0.4) is 0 Å². The van der Waals surface area contributed by atoms with Crippen molar-refractivity contribution in [2.24, 2.45) is 0 Å². The first-order valence-electron chi connectivity index (χ1n) is 14.5. The highest BCUT2D eigenvalue weighted by Crippen LogP contribution is 2.44. The molecule has 17 heteroatoms. The number of hydrogen-bond donors (Lipinski definition) is 4. The van der Waals surface area contributed by atoms with Crippen molar-refractivity contribution < 1.29 is 28.3 Å². The van der Waals surface area contributed by atoms with E-state index in [2.05, 4.69) is 19.9 Å². The van der Waals surface area contributed by atoms with Crippen molar-refractivity contribution in [3.8, 4) is 11.5 Å². The normalized spacial score (nSPS) is 19.8. The second-order valence-electron chi connectivity index (χ2n) is 11.2. The molecule has 0 bridgehead atoms. The molecule has 0 aliphatic carbocycles. The van der Waals surface area contributed by atoms with Crippen molar-refractivity contribution in [1.82, 2.24) is 29.1 Å². The van der Waals surface area contributed by atoms with E-state index < -0.39 is 55.4 Å². The van der Waals surface area contributed by atoms with Crippen molar-refractivity contribution in [2.75, 3.05) is 13.2 Å². The first kappa shape index (κ1) is 32.6. The van der Waals surface area contributed by atoms with Crippen molar-refractivity contribution in [2.45, 2.75) is 77.9 Å². The predicted octanol–water partition coefficient (Wildman–Crippen LogP) is 1.40. The Morgan fingerprint density at radius 2 is 1.71 bits per heavy atom. The van der Waals surface area contributed by atoms with E-state index in [9.17, 15) is 33.7 Å². The average Bonchev–Trinajstić information content (AvgIpc) is 3.34. The number of aromatic nitrogens is 6. The van der Waals surface area contributed by atoms with Crippen molar-refractivity contribution in [3.63, 3.8) is 0 Å². The fourth-order valence-corrected chi connectivity index (χ4v) is 5.99. The lowest BCUT2D eigenvalue weighted by molar-refractivity contribution is -0.0465. The van der Waals surface area contributed by atoms with E-state index in [1.807, 2.05) is 30.5 Å². The summed E-state index contributed by atoms with van der Waals surface area (Å²) in [5, 5.41) is 10.3. The molecule has 1 aromatic carbocycles. The molecule has 3 aliphatic heterocycles. The van der Waals surface area contributed by atoms with E-state index in [0.717, 1.165) is 21.2 Å². The summed E-state index contributed by atoms with van der Waals surface area (Å²) in [4.78, 5) is 71.1. The summed E-state index contributed by atoms with van der Waals surface area (Å²) < 4.78 is 31.1. The number of aliphatic hydroxyl groups excluding tert-OH is 1. The summed E-state index contributed by atoms with van der Waals surface area (Å²) in [6.45, 7) is 5.40. The highest BCUT2D eigenvalue weighted by molar-refractivity contribution is 7.47. The van der Waals surface area contributed by atoms with Crippen LogP contribution >= 0.6 is 7.82 Å². The Bertz CT molecular complexity index is 1970. The lowest BCUT2D eigenvalue weighted by Crippen LogP contribution is -2.33. The minimum atomic E-state index is -4.45. The van der Waals surface area contributed by atoms with E-state index in [1.165, 1.54) is 13.1 Å². The zero-order chi connectivity index (χ0) is 32.5. The second-order valence-corrected chi connectivity index (χ2v) is 12.6. The molecule has 4 N–H and O–H groups in total. The average molecular weight is 647 g/mol. The number of rotatable bonds is 12. The van der Waals surface area contributed by atoms with Crippen LogP contribution in [0.2, 0.25) is 0 Å². The number of phosphoric acid groups is 1. The first-order valence-corrected chi connectivity index (χ1v) is 16.0. The van der Waals surface area contributed by atoms with Crippen LogP contribution in [-0.2, 0) is 24.9 Å². The Labute approximate surface area is 255 Å². The number of H-pyrrole nitrogens is 2. The Balaban J connectivity index is 1.10. The lowest BCUT2D eigenvalue weighted by atomic mass is 10.1. The number of hydrogen-bond acceptors (Lipinski definition) is 11. The number of aliphatic hydroxyl groups is 1. The zero-order valence-electron chi connectivity index (χ0n) is 25.0. The Kier molecular flexibility index (Phi) is 9.63. The van der Waals surface area contributed by atoms with Crippen LogP contribution in [0, 0.1) is 20.8 Å². The van der Waals surface area contributed by atoms with Crippen LogP contribution in [0.25, 0.3) is 22.6 Å². The van der Waals surface area contributed by atoms with Crippen LogP contribution in [0.4, 0.5) is 0 Å². The van der Waals surface area contributed by atoms with E-state index in [0.29, 0.717) is 37.7 Å². The molecule has 2 aromatic rings. The molecule has 242 valence electrons. The summed E-state index contributed by atoms with van der Waals surface area (Å²) >= 11 is 0. The van der Waals surface area contributed by atoms with Gasteiger partial charge >= 0.3 is 19.2 Å². The third-order valence-corrected chi connectivity index (χ3v) is 8.80. The molecule has 4 heterocycles. The molecule has 5 rings (SSSR count). The number of fused-ring (bicyclic) bond motifs is 2. The third-order valence-electron chi connectivity index (χ3n) is 7.82. The number of nitrogens with zero attached hydrogens (tertiary/aromatic N) is 4. The number of phosphoric ester groups is 1. The molecule has 1 unspecified atom stereocenters. The maximum Gasteiger partial charge on any atom is 0.472 e. The number of aryl methyl sites for hydroxylation is 4. The summed E-state index contributed by atoms with van der Waals surface area (Å²) in [7, 11) is -4.45. The maximum absolute atomic E-state index is 12.4. The van der Waals surface area contributed by atoms with Gasteiger partial charge in [-0.3, -0.25) is 33.2 Å². The van der Waals surface area contributed by atoms with E-state index in [1.54, 1.807) is 0 Å². The maximum atomic E-state index is 12.4. The van der Waals surface area contributed by atoms with Crippen molar-refractivity contribution in [3.05, 3.63) is 76.7 Å². The SMILES string of the molecule is Cc1cc2nc3c(=O)[nH]c(=O)nc-3n(CCCCCCOP(=O)(O)OC[C@H]3O[C@@H](n4cc(C)c(=O)[nH]c4=O)C[C@@H]3O)c2cc1C. The van der Waals surface area contributed by atoms with Crippen LogP contribution in [-0.4, -0.2) is 64.5 Å². The van der Waals surface area contributed by atoms with Gasteiger partial charge in [-0.2, -0.15) is 4.98 Å². The fraction of sp³-hybridized carbons (Fsp3) is 0.500. The smallest absolute Gasteiger partial charge is 0.390 e. The van der Waals surface area contributed by atoms with E-state index in [-0.39, 0.29) is 30.1 Å². The van der Waals surface area contributed by atoms with Crippen LogP contribution in [0.5, 0.6) is 0 Å². The molecule has 0 saturated carbocycles. The third kappa shape index (κ3) is 7.38. The van der Waals surface area contributed by atoms with Crippen LogP contribution in [0.15, 0.2) is 37.5 Å². The van der Waals surface area contributed by atoms with Crippen LogP contribution < -0.4 is 22.5 Å². The monoisotopic (exact) mass is 646 g/mol. The minimum Gasteiger partial charge on any atom is -0.390 e. The van der Waals surface area contributed by atoms with Crippen molar-refractivity contribution >= 4 is 18.9 Å². The summed E-state index contributed by atoms with van der Waals surface area (Å²) in [6, 6.07) is 3.85. The second kappa shape index (κ2) is 13.3. The van der Waals surface area contributed by atoms with Gasteiger partial charge in [-0.1, -0.05) is 12.8 Å². The quantitative estimate of drug-likeness (QED) is 0.0975. The topological polar surface area (TPSA) is 221 Å². The van der Waals surface area contributed by atoms with Crippen LogP contribution in [0.1, 0.15) is 55.0 Å². The van der Waals surface area contributed by atoms with E-state index >= 15 is 0 Å². The highest BCUT2D eigenvalue weighted by atomic mass is 31.2. The molecular weight excluding hydrogens is 611 g/mol. The Morgan fingerprint density at radius 3 is 2.49 bits per heavy atom. The number of nitrogens with one attached hydrogen (secondary N) is 2. The highest BCUT2D eigenvalue weighted by Gasteiger charge is 2.37. The van der Waals surface area contributed by atoms with Gasteiger partial charge in [0.1, 0.15) is 12.3 Å². The standard InChI is InChI=1S/C28H35N6O10P/c1-15-10-18-19(11-16(15)2)33(24-23(29-18)26(37)31-27(38)30-24)8-6-4-5-7-9-42-45(40,41)43-14-21-20(35)12-22(44-21)34-13-17(3)25(36)32-28(34)39/h10-11,13,20-22,35H,4-9,12,14H2,1-3H3,(H,40,41)(H,31,37,38)(H,32,36,39)/t20-,21+,22+/m0/s1. The summed E-state index contributed by atoms with van der Waals surface area (Å²) in [5.41, 5.74) is 1.24. The molecule has 1 saturated heterocycles. The molecule has 45 heavy (non-hydrogen) atoms. The fourth-order valence-electron chi connectivity index (χ4n) is 5.22. The van der Waals surface area contributed by atoms with Gasteiger partial charge in [0.15, 0.2) is 11.5 Å². The minimum absolute atomic E-state index is 0.0171. The number of unbranched alkanes of at least 4 members (excludes halogenated alkanes) is 3. The van der Waals surface area contributed by atoms with Gasteiger partial charge in [-0.05, 0) is 56.9 Å².